The van der Waals surface area contributed by atoms with Gasteiger partial charge in [-0.15, -0.1) is 0 Å². The van der Waals surface area contributed by atoms with Crippen LogP contribution in [0.25, 0.3) is 0 Å². The number of aromatic nitrogens is 2. The van der Waals surface area contributed by atoms with E-state index < -0.39 is 0 Å². The molecule has 0 N–H and O–H groups in total. The van der Waals surface area contributed by atoms with Gasteiger partial charge in [0, 0.05) is 24.0 Å². The Morgan fingerprint density at radius 3 is 2.17 bits per heavy atom. The molecule has 23 heavy (non-hydrogen) atoms. The standard InChI is InChI=1S/C20H30N2O/c1-12(2)5-18-11-21(20(23)22(18)17-3-4-17)19-15-7-13-6-14(9-15)10-16(19)8-13/h11-17,19H,3-10H2,1-2H3. The van der Waals surface area contributed by atoms with Gasteiger partial charge in [0.05, 0.1) is 0 Å². The monoisotopic (exact) mass is 314 g/mol. The fourth-order valence-corrected chi connectivity index (χ4v) is 6.38. The molecular weight excluding hydrogens is 284 g/mol. The molecule has 1 aromatic rings. The summed E-state index contributed by atoms with van der Waals surface area (Å²) in [4.78, 5) is 13.2. The summed E-state index contributed by atoms with van der Waals surface area (Å²) in [6, 6.07) is 1.02. The zero-order chi connectivity index (χ0) is 15.7. The average molecular weight is 314 g/mol. The van der Waals surface area contributed by atoms with Gasteiger partial charge in [-0.2, -0.15) is 0 Å². The SMILES string of the molecule is CC(C)Cc1cn(C2C3CC4CC(C3)CC2C4)c(=O)n1C1CC1. The molecule has 4 bridgehead atoms. The van der Waals surface area contributed by atoms with Gasteiger partial charge in [0.25, 0.3) is 0 Å². The molecule has 0 amide bonds. The van der Waals surface area contributed by atoms with Crippen molar-refractivity contribution in [2.24, 2.45) is 29.6 Å². The van der Waals surface area contributed by atoms with Crippen molar-refractivity contribution in [1.82, 2.24) is 9.13 Å². The van der Waals surface area contributed by atoms with Crippen molar-refractivity contribution in [3.05, 3.63) is 22.4 Å². The molecule has 0 aromatic carbocycles. The molecule has 0 saturated heterocycles. The van der Waals surface area contributed by atoms with Crippen LogP contribution in [-0.2, 0) is 6.42 Å². The summed E-state index contributed by atoms with van der Waals surface area (Å²) in [5.41, 5.74) is 1.63. The van der Waals surface area contributed by atoms with Crippen LogP contribution in [0.15, 0.2) is 11.0 Å². The van der Waals surface area contributed by atoms with E-state index in [-0.39, 0.29) is 0 Å². The highest BCUT2D eigenvalue weighted by Gasteiger charge is 2.49. The third kappa shape index (κ3) is 2.26. The largest absolute Gasteiger partial charge is 0.328 e. The van der Waals surface area contributed by atoms with E-state index in [1.54, 1.807) is 0 Å². The van der Waals surface area contributed by atoms with Gasteiger partial charge >= 0.3 is 5.69 Å². The third-order valence-corrected chi connectivity index (χ3v) is 7.05. The molecule has 6 rings (SSSR count). The van der Waals surface area contributed by atoms with Gasteiger partial charge < -0.3 is 0 Å². The van der Waals surface area contributed by atoms with E-state index in [2.05, 4.69) is 29.2 Å². The minimum atomic E-state index is 0.320. The van der Waals surface area contributed by atoms with Gasteiger partial charge in [0.2, 0.25) is 0 Å². The molecule has 3 heteroatoms. The third-order valence-electron chi connectivity index (χ3n) is 7.05. The van der Waals surface area contributed by atoms with Crippen LogP contribution in [0.2, 0.25) is 0 Å². The van der Waals surface area contributed by atoms with Crippen LogP contribution >= 0.6 is 0 Å². The van der Waals surface area contributed by atoms with Crippen LogP contribution in [-0.4, -0.2) is 9.13 Å². The maximum Gasteiger partial charge on any atom is 0.328 e. The average Bonchev–Trinajstić information content (AvgIpc) is 3.24. The Labute approximate surface area is 139 Å². The van der Waals surface area contributed by atoms with E-state index in [0.29, 0.717) is 23.7 Å². The molecule has 5 aliphatic rings. The maximum atomic E-state index is 13.2. The highest BCUT2D eigenvalue weighted by Crippen LogP contribution is 2.58. The van der Waals surface area contributed by atoms with Gasteiger partial charge in [-0.05, 0) is 81.0 Å². The van der Waals surface area contributed by atoms with Gasteiger partial charge in [-0.25, -0.2) is 4.79 Å². The topological polar surface area (TPSA) is 26.9 Å². The Hall–Kier alpha value is -0.990. The smallest absolute Gasteiger partial charge is 0.295 e. The summed E-state index contributed by atoms with van der Waals surface area (Å²) in [6.07, 6.45) is 12.8. The Morgan fingerprint density at radius 1 is 1.04 bits per heavy atom. The minimum absolute atomic E-state index is 0.320. The van der Waals surface area contributed by atoms with Crippen molar-refractivity contribution in [3.63, 3.8) is 0 Å². The second kappa shape index (κ2) is 5.00. The Bertz CT molecular complexity index is 636. The molecule has 0 unspecified atom stereocenters. The van der Waals surface area contributed by atoms with Crippen molar-refractivity contribution in [2.45, 2.75) is 77.3 Å². The lowest BCUT2D eigenvalue weighted by Crippen LogP contribution is -2.48. The molecule has 3 nitrogen and oxygen atoms in total. The van der Waals surface area contributed by atoms with Gasteiger partial charge in [0.1, 0.15) is 0 Å². The molecule has 5 saturated carbocycles. The van der Waals surface area contributed by atoms with Crippen LogP contribution in [0.5, 0.6) is 0 Å². The molecule has 5 aliphatic carbocycles. The van der Waals surface area contributed by atoms with Crippen LogP contribution in [0.4, 0.5) is 0 Å². The maximum absolute atomic E-state index is 13.2. The number of nitrogens with zero attached hydrogens (tertiary/aromatic N) is 2. The van der Waals surface area contributed by atoms with Crippen molar-refractivity contribution < 1.29 is 0 Å². The summed E-state index contributed by atoms with van der Waals surface area (Å²) in [7, 11) is 0. The van der Waals surface area contributed by atoms with Gasteiger partial charge in [-0.1, -0.05) is 13.8 Å². The fourth-order valence-electron chi connectivity index (χ4n) is 6.38. The summed E-state index contributed by atoms with van der Waals surface area (Å²) in [6.45, 7) is 4.53. The molecule has 0 radical (unpaired) electrons. The fraction of sp³-hybridized carbons (Fsp3) is 0.850. The van der Waals surface area contributed by atoms with Crippen LogP contribution in [0.1, 0.15) is 76.6 Å². The van der Waals surface area contributed by atoms with Crippen molar-refractivity contribution in [2.75, 3.05) is 0 Å². The van der Waals surface area contributed by atoms with Gasteiger partial charge in [0.15, 0.2) is 0 Å². The lowest BCUT2D eigenvalue weighted by molar-refractivity contribution is -0.0305. The molecular formula is C20H30N2O. The summed E-state index contributed by atoms with van der Waals surface area (Å²) in [5, 5.41) is 0. The highest BCUT2D eigenvalue weighted by molar-refractivity contribution is 5.10. The van der Waals surface area contributed by atoms with Crippen LogP contribution in [0.3, 0.4) is 0 Å². The van der Waals surface area contributed by atoms with Crippen molar-refractivity contribution in [3.8, 4) is 0 Å². The van der Waals surface area contributed by atoms with E-state index in [9.17, 15) is 4.79 Å². The molecule has 0 spiro atoms. The lowest BCUT2D eigenvalue weighted by atomic mass is 9.54. The van der Waals surface area contributed by atoms with E-state index in [1.165, 1.54) is 50.6 Å². The van der Waals surface area contributed by atoms with Gasteiger partial charge in [-0.3, -0.25) is 9.13 Å². The first-order chi connectivity index (χ1) is 11.1. The van der Waals surface area contributed by atoms with Crippen LogP contribution in [0, 0.1) is 29.6 Å². The Balaban J connectivity index is 1.54. The molecule has 1 aromatic heterocycles. The highest BCUT2D eigenvalue weighted by atomic mass is 16.2. The second-order valence-corrected chi connectivity index (χ2v) is 9.43. The van der Waals surface area contributed by atoms with E-state index in [1.807, 2.05) is 0 Å². The number of hydrogen-bond acceptors (Lipinski definition) is 1. The van der Waals surface area contributed by atoms with Crippen molar-refractivity contribution in [1.29, 1.82) is 0 Å². The summed E-state index contributed by atoms with van der Waals surface area (Å²) >= 11 is 0. The minimum Gasteiger partial charge on any atom is -0.295 e. The molecule has 126 valence electrons. The zero-order valence-electron chi connectivity index (χ0n) is 14.6. The second-order valence-electron chi connectivity index (χ2n) is 9.43. The number of rotatable bonds is 4. The molecule has 5 fully saturated rings. The molecule has 0 atom stereocenters. The Kier molecular flexibility index (Phi) is 3.12. The number of hydrogen-bond donors (Lipinski definition) is 0. The normalized spacial score (nSPS) is 38.7. The van der Waals surface area contributed by atoms with E-state index in [0.717, 1.165) is 30.1 Å². The molecule has 0 aliphatic heterocycles. The van der Waals surface area contributed by atoms with Crippen molar-refractivity contribution >= 4 is 0 Å². The Morgan fingerprint density at radius 2 is 1.65 bits per heavy atom. The lowest BCUT2D eigenvalue weighted by Gasteiger charge is -2.54. The quantitative estimate of drug-likeness (QED) is 0.819. The summed E-state index contributed by atoms with van der Waals surface area (Å²) in [5.74, 6) is 4.14. The molecule has 1 heterocycles. The van der Waals surface area contributed by atoms with E-state index in [4.69, 9.17) is 0 Å². The number of imidazole rings is 1. The van der Waals surface area contributed by atoms with Crippen LogP contribution < -0.4 is 5.69 Å². The first-order valence-electron chi connectivity index (χ1n) is 9.92. The first-order valence-corrected chi connectivity index (χ1v) is 9.92. The first kappa shape index (κ1) is 14.4. The predicted molar refractivity (Wildman–Crippen MR) is 91.6 cm³/mol. The zero-order valence-corrected chi connectivity index (χ0v) is 14.6. The van der Waals surface area contributed by atoms with E-state index >= 15 is 0 Å². The summed E-state index contributed by atoms with van der Waals surface area (Å²) < 4.78 is 4.38. The predicted octanol–water partition coefficient (Wildman–Crippen LogP) is 4.18.